The maximum Gasteiger partial charge on any atom is 0.253 e. The number of likely N-dealkylation sites (tertiary alicyclic amines) is 1. The van der Waals surface area contributed by atoms with Gasteiger partial charge in [0.05, 0.1) is 40.8 Å². The molecule has 204 valence electrons. The van der Waals surface area contributed by atoms with Crippen molar-refractivity contribution in [2.45, 2.75) is 57.4 Å². The van der Waals surface area contributed by atoms with Crippen LogP contribution in [0, 0.1) is 24.7 Å². The summed E-state index contributed by atoms with van der Waals surface area (Å²) in [5.41, 5.74) is -0.999. The summed E-state index contributed by atoms with van der Waals surface area (Å²) in [6, 6.07) is 3.75. The number of hydrogen-bond donors (Lipinski definition) is 1. The highest BCUT2D eigenvalue weighted by Gasteiger charge is 2.76. The van der Waals surface area contributed by atoms with Crippen LogP contribution < -0.4 is 4.90 Å². The van der Waals surface area contributed by atoms with Crippen molar-refractivity contribution in [2.75, 3.05) is 31.6 Å². The number of aliphatic hydroxyl groups excluding tert-OH is 1. The summed E-state index contributed by atoms with van der Waals surface area (Å²) in [7, 11) is 1.72. The van der Waals surface area contributed by atoms with E-state index in [0.29, 0.717) is 23.7 Å². The van der Waals surface area contributed by atoms with Crippen molar-refractivity contribution < 1.29 is 24.2 Å². The van der Waals surface area contributed by atoms with Gasteiger partial charge in [-0.05, 0) is 30.9 Å². The molecule has 1 unspecified atom stereocenters. The summed E-state index contributed by atoms with van der Waals surface area (Å²) in [6.07, 6.45) is 7.95. The van der Waals surface area contributed by atoms with Crippen LogP contribution in [0.2, 0.25) is 5.02 Å². The first kappa shape index (κ1) is 26.9. The number of amides is 3. The number of hydrogen-bond acceptors (Lipinski definition) is 5. The maximum absolute atomic E-state index is 14.6. The molecule has 4 heterocycles. The zero-order valence-corrected chi connectivity index (χ0v) is 23.3. The molecule has 0 radical (unpaired) electrons. The molecule has 3 amide bonds. The first-order valence-corrected chi connectivity index (χ1v) is 13.7. The van der Waals surface area contributed by atoms with Crippen LogP contribution in [-0.2, 0) is 19.1 Å². The van der Waals surface area contributed by atoms with Crippen molar-refractivity contribution in [3.63, 3.8) is 0 Å². The minimum Gasteiger partial charge on any atom is -0.394 e. The second kappa shape index (κ2) is 9.50. The smallest absolute Gasteiger partial charge is 0.253 e. The fourth-order valence-corrected chi connectivity index (χ4v) is 7.29. The predicted octanol–water partition coefficient (Wildman–Crippen LogP) is 2.96. The van der Waals surface area contributed by atoms with E-state index >= 15 is 0 Å². The lowest BCUT2D eigenvalue weighted by Crippen LogP contribution is -2.60. The highest BCUT2D eigenvalue weighted by molar-refractivity contribution is 6.34. The lowest BCUT2D eigenvalue weighted by atomic mass is 9.73. The Labute approximate surface area is 228 Å². The zero-order valence-electron chi connectivity index (χ0n) is 22.6. The lowest BCUT2D eigenvalue weighted by molar-refractivity contribution is -0.153. The number of fused-ring (bicyclic) bond motifs is 2. The molecule has 1 spiro atoms. The van der Waals surface area contributed by atoms with Gasteiger partial charge in [0, 0.05) is 20.1 Å². The number of anilines is 1. The van der Waals surface area contributed by atoms with E-state index in [1.54, 1.807) is 22.9 Å². The molecule has 1 aromatic carbocycles. The summed E-state index contributed by atoms with van der Waals surface area (Å²) in [5, 5.41) is 10.9. The maximum atomic E-state index is 14.6. The van der Waals surface area contributed by atoms with Gasteiger partial charge in [-0.3, -0.25) is 14.4 Å². The number of para-hydroxylation sites is 1. The van der Waals surface area contributed by atoms with Crippen LogP contribution in [0.3, 0.4) is 0 Å². The van der Waals surface area contributed by atoms with Crippen LogP contribution in [-0.4, -0.2) is 82.7 Å². The molecular weight excluding hydrogens is 506 g/mol. The number of aryl methyl sites for hydroxylation is 1. The molecule has 4 aliphatic heterocycles. The summed E-state index contributed by atoms with van der Waals surface area (Å²) >= 11 is 6.61. The van der Waals surface area contributed by atoms with Gasteiger partial charge in [-0.2, -0.15) is 0 Å². The van der Waals surface area contributed by atoms with Crippen LogP contribution in [0.4, 0.5) is 5.69 Å². The molecule has 1 aromatic rings. The number of carbonyl (C=O) groups excluding carboxylic acids is 3. The van der Waals surface area contributed by atoms with Crippen LogP contribution in [0.5, 0.6) is 0 Å². The predicted molar refractivity (Wildman–Crippen MR) is 145 cm³/mol. The number of carbonyl (C=O) groups is 3. The Kier molecular flexibility index (Phi) is 6.73. The normalized spacial score (nSPS) is 33.4. The number of likely N-dealkylation sites (N-methyl/N-ethyl adjacent to an activating group) is 1. The molecule has 5 rings (SSSR count). The fourth-order valence-electron chi connectivity index (χ4n) is 6.96. The van der Waals surface area contributed by atoms with Crippen LogP contribution in [0.15, 0.2) is 42.5 Å². The molecule has 9 heteroatoms. The molecule has 2 saturated heterocycles. The lowest BCUT2D eigenvalue weighted by Gasteiger charge is -2.42. The highest BCUT2D eigenvalue weighted by atomic mass is 35.5. The number of benzene rings is 1. The number of aliphatic hydroxyl groups is 1. The molecule has 0 aromatic heterocycles. The summed E-state index contributed by atoms with van der Waals surface area (Å²) < 4.78 is 6.94. The van der Waals surface area contributed by atoms with Crippen molar-refractivity contribution in [1.29, 1.82) is 0 Å². The third kappa shape index (κ3) is 3.60. The van der Waals surface area contributed by atoms with Crippen molar-refractivity contribution in [3.8, 4) is 0 Å². The number of nitrogens with zero attached hydrogens (tertiary/aromatic N) is 3. The summed E-state index contributed by atoms with van der Waals surface area (Å²) in [5.74, 6) is -2.70. The molecule has 38 heavy (non-hydrogen) atoms. The van der Waals surface area contributed by atoms with Crippen LogP contribution in [0.25, 0.3) is 0 Å². The van der Waals surface area contributed by atoms with E-state index in [1.165, 1.54) is 4.90 Å². The largest absolute Gasteiger partial charge is 0.394 e. The molecule has 6 atom stereocenters. The molecule has 1 N–H and O–H groups in total. The minimum absolute atomic E-state index is 0.140. The first-order chi connectivity index (χ1) is 18.0. The van der Waals surface area contributed by atoms with Gasteiger partial charge >= 0.3 is 0 Å². The molecule has 4 aliphatic rings. The van der Waals surface area contributed by atoms with E-state index in [-0.39, 0.29) is 36.8 Å². The Bertz CT molecular complexity index is 1210. The SMILES string of the molecule is CC[C@@]12C=CCN(C)C(=O)[C@@H]1[C@H]1C(=O)N([C@@H](CO)C(C)C)C3C(=O)N(c4c(C)cccc4Cl)CC=C[C@@]31O2. The summed E-state index contributed by atoms with van der Waals surface area (Å²) in [4.78, 5) is 47.7. The van der Waals surface area contributed by atoms with Gasteiger partial charge < -0.3 is 24.5 Å². The van der Waals surface area contributed by atoms with E-state index in [1.807, 2.05) is 64.1 Å². The number of ether oxygens (including phenoxy) is 1. The molecule has 0 bridgehead atoms. The third-order valence-electron chi connectivity index (χ3n) is 8.85. The van der Waals surface area contributed by atoms with Crippen molar-refractivity contribution in [1.82, 2.24) is 9.80 Å². The average Bonchev–Trinajstić information content (AvgIpc) is 3.17. The van der Waals surface area contributed by atoms with Gasteiger partial charge in [-0.15, -0.1) is 0 Å². The number of rotatable bonds is 5. The fraction of sp³-hybridized carbons (Fsp3) is 0.552. The van der Waals surface area contributed by atoms with Crippen molar-refractivity contribution >= 4 is 35.0 Å². The van der Waals surface area contributed by atoms with Gasteiger partial charge in [-0.1, -0.05) is 68.8 Å². The Hall–Kier alpha value is -2.68. The second-order valence-electron chi connectivity index (χ2n) is 11.2. The van der Waals surface area contributed by atoms with E-state index in [0.717, 1.165) is 5.56 Å². The quantitative estimate of drug-likeness (QED) is 0.579. The highest BCUT2D eigenvalue weighted by Crippen LogP contribution is 2.59. The topological polar surface area (TPSA) is 90.4 Å². The minimum atomic E-state index is -1.38. The van der Waals surface area contributed by atoms with E-state index in [4.69, 9.17) is 16.3 Å². The Balaban J connectivity index is 1.74. The van der Waals surface area contributed by atoms with Crippen molar-refractivity contribution in [2.24, 2.45) is 17.8 Å². The Morgan fingerprint density at radius 1 is 1.08 bits per heavy atom. The molecule has 8 nitrogen and oxygen atoms in total. The van der Waals surface area contributed by atoms with E-state index < -0.39 is 35.1 Å². The van der Waals surface area contributed by atoms with Crippen molar-refractivity contribution in [3.05, 3.63) is 53.1 Å². The van der Waals surface area contributed by atoms with Gasteiger partial charge in [0.1, 0.15) is 11.6 Å². The average molecular weight is 542 g/mol. The van der Waals surface area contributed by atoms with Crippen LogP contribution >= 0.6 is 11.6 Å². The van der Waals surface area contributed by atoms with Gasteiger partial charge in [0.2, 0.25) is 11.8 Å². The standard InChI is InChI=1S/C29H36ClN3O5/c1-6-28-12-8-14-31(5)25(35)21(28)22-26(36)33(20(16-34)17(2)3)24-27(37)32(15-9-13-29(22,24)38-28)23-18(4)10-7-11-19(23)30/h7-13,17,20-22,24,34H,6,14-16H2,1-5H3/t20-,21-,22-,24?,28+,29-/m0/s1. The Morgan fingerprint density at radius 3 is 2.42 bits per heavy atom. The second-order valence-corrected chi connectivity index (χ2v) is 11.6. The van der Waals surface area contributed by atoms with E-state index in [2.05, 4.69) is 0 Å². The molecular formula is C29H36ClN3O5. The van der Waals surface area contributed by atoms with Gasteiger partial charge in [-0.25, -0.2) is 0 Å². The molecule has 0 saturated carbocycles. The third-order valence-corrected chi connectivity index (χ3v) is 9.16. The molecule has 2 fully saturated rings. The van der Waals surface area contributed by atoms with Gasteiger partial charge in [0.25, 0.3) is 5.91 Å². The van der Waals surface area contributed by atoms with E-state index in [9.17, 15) is 19.5 Å². The number of halogens is 1. The summed E-state index contributed by atoms with van der Waals surface area (Å²) in [6.45, 7) is 7.98. The zero-order chi connectivity index (χ0) is 27.6. The first-order valence-electron chi connectivity index (χ1n) is 13.3. The Morgan fingerprint density at radius 2 is 1.79 bits per heavy atom. The monoisotopic (exact) mass is 541 g/mol. The van der Waals surface area contributed by atoms with Crippen LogP contribution in [0.1, 0.15) is 32.8 Å². The van der Waals surface area contributed by atoms with Gasteiger partial charge in [0.15, 0.2) is 0 Å². The molecule has 0 aliphatic carbocycles.